The summed E-state index contributed by atoms with van der Waals surface area (Å²) < 4.78 is 1.67. The molecular weight excluding hydrogens is 230 g/mol. The number of hydrogen-bond acceptors (Lipinski definition) is 4. The number of aromatic nitrogens is 3. The highest BCUT2D eigenvalue weighted by molar-refractivity contribution is 5.92. The van der Waals surface area contributed by atoms with E-state index in [4.69, 9.17) is 5.26 Å². The van der Waals surface area contributed by atoms with Gasteiger partial charge in [-0.15, -0.1) is 0 Å². The van der Waals surface area contributed by atoms with Crippen LogP contribution in [0.25, 0.3) is 0 Å². The van der Waals surface area contributed by atoms with E-state index >= 15 is 0 Å². The monoisotopic (exact) mass is 241 g/mol. The van der Waals surface area contributed by atoms with Gasteiger partial charge in [-0.05, 0) is 12.1 Å². The molecule has 0 aliphatic heterocycles. The second-order valence-electron chi connectivity index (χ2n) is 3.75. The van der Waals surface area contributed by atoms with Crippen molar-refractivity contribution >= 4 is 5.91 Å². The van der Waals surface area contributed by atoms with Gasteiger partial charge in [0.05, 0.1) is 11.8 Å². The van der Waals surface area contributed by atoms with E-state index in [1.54, 1.807) is 16.9 Å². The van der Waals surface area contributed by atoms with Gasteiger partial charge in [-0.3, -0.25) is 9.48 Å². The van der Waals surface area contributed by atoms with Crippen molar-refractivity contribution in [2.45, 2.75) is 6.54 Å². The third-order valence-electron chi connectivity index (χ3n) is 2.34. The summed E-state index contributed by atoms with van der Waals surface area (Å²) in [5.41, 5.74) is 1.64. The molecule has 2 rings (SSSR count). The number of nitriles is 1. The Morgan fingerprint density at radius 1 is 1.50 bits per heavy atom. The second kappa shape index (κ2) is 5.10. The zero-order valence-electron chi connectivity index (χ0n) is 9.79. The zero-order chi connectivity index (χ0) is 13.0. The lowest BCUT2D eigenvalue weighted by Crippen LogP contribution is -2.23. The molecule has 1 amide bonds. The standard InChI is InChI=1S/C12H11N5O/c1-17-8-10(7-16-17)6-15-12(18)11-3-2-9(4-13)5-14-11/h2-3,5,7-8H,6H2,1H3,(H,15,18). The molecule has 0 aliphatic carbocycles. The van der Waals surface area contributed by atoms with Crippen LogP contribution in [-0.2, 0) is 13.6 Å². The molecule has 0 bridgehead atoms. The number of amides is 1. The van der Waals surface area contributed by atoms with E-state index in [0.29, 0.717) is 12.1 Å². The van der Waals surface area contributed by atoms with Crippen molar-refractivity contribution in [1.29, 1.82) is 5.26 Å². The van der Waals surface area contributed by atoms with Crippen LogP contribution >= 0.6 is 0 Å². The number of nitrogens with zero attached hydrogens (tertiary/aromatic N) is 4. The Balaban J connectivity index is 1.97. The molecule has 0 aliphatic rings. The highest BCUT2D eigenvalue weighted by Crippen LogP contribution is 2.00. The van der Waals surface area contributed by atoms with Crippen LogP contribution < -0.4 is 5.32 Å². The van der Waals surface area contributed by atoms with Gasteiger partial charge in [-0.25, -0.2) is 4.98 Å². The first-order chi connectivity index (χ1) is 8.69. The van der Waals surface area contributed by atoms with Crippen LogP contribution in [0, 0.1) is 11.3 Å². The third kappa shape index (κ3) is 2.71. The molecule has 0 saturated heterocycles. The highest BCUT2D eigenvalue weighted by atomic mass is 16.1. The van der Waals surface area contributed by atoms with Crippen molar-refractivity contribution in [2.24, 2.45) is 7.05 Å². The van der Waals surface area contributed by atoms with E-state index in [9.17, 15) is 4.79 Å². The van der Waals surface area contributed by atoms with Crippen LogP contribution in [0.15, 0.2) is 30.7 Å². The first kappa shape index (κ1) is 11.8. The fourth-order valence-electron chi connectivity index (χ4n) is 1.43. The van der Waals surface area contributed by atoms with Crippen molar-refractivity contribution in [3.05, 3.63) is 47.5 Å². The lowest BCUT2D eigenvalue weighted by molar-refractivity contribution is 0.0946. The molecule has 6 heteroatoms. The average Bonchev–Trinajstić information content (AvgIpc) is 2.82. The van der Waals surface area contributed by atoms with E-state index < -0.39 is 0 Å². The van der Waals surface area contributed by atoms with Crippen molar-refractivity contribution in [3.8, 4) is 6.07 Å². The Morgan fingerprint density at radius 3 is 2.89 bits per heavy atom. The van der Waals surface area contributed by atoms with Crippen molar-refractivity contribution < 1.29 is 4.79 Å². The van der Waals surface area contributed by atoms with Crippen LogP contribution in [0.5, 0.6) is 0 Å². The molecule has 2 aromatic heterocycles. The minimum Gasteiger partial charge on any atom is -0.347 e. The molecule has 90 valence electrons. The van der Waals surface area contributed by atoms with Crippen LogP contribution in [0.1, 0.15) is 21.6 Å². The molecule has 0 aromatic carbocycles. The van der Waals surface area contributed by atoms with Gasteiger partial charge in [-0.1, -0.05) is 0 Å². The van der Waals surface area contributed by atoms with E-state index in [0.717, 1.165) is 5.56 Å². The van der Waals surface area contributed by atoms with Gasteiger partial charge in [0, 0.05) is 31.5 Å². The smallest absolute Gasteiger partial charge is 0.270 e. The molecule has 0 atom stereocenters. The third-order valence-corrected chi connectivity index (χ3v) is 2.34. The van der Waals surface area contributed by atoms with Gasteiger partial charge in [-0.2, -0.15) is 10.4 Å². The van der Waals surface area contributed by atoms with Crippen molar-refractivity contribution in [2.75, 3.05) is 0 Å². The Morgan fingerprint density at radius 2 is 2.33 bits per heavy atom. The number of pyridine rings is 1. The molecule has 0 saturated carbocycles. The summed E-state index contributed by atoms with van der Waals surface area (Å²) in [4.78, 5) is 15.7. The van der Waals surface area contributed by atoms with E-state index in [1.807, 2.05) is 19.3 Å². The van der Waals surface area contributed by atoms with E-state index in [-0.39, 0.29) is 11.6 Å². The summed E-state index contributed by atoms with van der Waals surface area (Å²) >= 11 is 0. The summed E-state index contributed by atoms with van der Waals surface area (Å²) in [6, 6.07) is 5.03. The zero-order valence-corrected chi connectivity index (χ0v) is 9.79. The number of aryl methyl sites for hydroxylation is 1. The topological polar surface area (TPSA) is 83.6 Å². The first-order valence-electron chi connectivity index (χ1n) is 5.31. The van der Waals surface area contributed by atoms with Crippen LogP contribution in [-0.4, -0.2) is 20.7 Å². The van der Waals surface area contributed by atoms with E-state index in [1.165, 1.54) is 12.3 Å². The SMILES string of the molecule is Cn1cc(CNC(=O)c2ccc(C#N)cn2)cn1. The molecule has 0 radical (unpaired) electrons. The molecule has 18 heavy (non-hydrogen) atoms. The van der Waals surface area contributed by atoms with Gasteiger partial charge >= 0.3 is 0 Å². The summed E-state index contributed by atoms with van der Waals surface area (Å²) in [6.45, 7) is 0.397. The number of carbonyl (C=O) groups is 1. The van der Waals surface area contributed by atoms with Crippen LogP contribution in [0.4, 0.5) is 0 Å². The second-order valence-corrected chi connectivity index (χ2v) is 3.75. The Labute approximate surface area is 104 Å². The van der Waals surface area contributed by atoms with Gasteiger partial charge in [0.2, 0.25) is 0 Å². The summed E-state index contributed by atoms with van der Waals surface area (Å²) in [5.74, 6) is -0.275. The molecule has 6 nitrogen and oxygen atoms in total. The summed E-state index contributed by atoms with van der Waals surface area (Å²) in [5, 5.41) is 15.4. The molecule has 0 spiro atoms. The molecule has 0 unspecified atom stereocenters. The summed E-state index contributed by atoms with van der Waals surface area (Å²) in [7, 11) is 1.81. The minimum atomic E-state index is -0.275. The van der Waals surface area contributed by atoms with Crippen molar-refractivity contribution in [3.63, 3.8) is 0 Å². The molecule has 1 N–H and O–H groups in total. The minimum absolute atomic E-state index is 0.275. The fourth-order valence-corrected chi connectivity index (χ4v) is 1.43. The maximum Gasteiger partial charge on any atom is 0.270 e. The molecular formula is C12H11N5O. The van der Waals surface area contributed by atoms with Crippen LogP contribution in [0.2, 0.25) is 0 Å². The predicted octanol–water partition coefficient (Wildman–Crippen LogP) is 0.617. The fraction of sp³-hybridized carbons (Fsp3) is 0.167. The Kier molecular flexibility index (Phi) is 3.34. The average molecular weight is 241 g/mol. The lowest BCUT2D eigenvalue weighted by atomic mass is 10.2. The quantitative estimate of drug-likeness (QED) is 0.853. The maximum absolute atomic E-state index is 11.7. The van der Waals surface area contributed by atoms with Gasteiger partial charge < -0.3 is 5.32 Å². The van der Waals surface area contributed by atoms with Gasteiger partial charge in [0.25, 0.3) is 5.91 Å². The highest BCUT2D eigenvalue weighted by Gasteiger charge is 2.07. The predicted molar refractivity (Wildman–Crippen MR) is 63.3 cm³/mol. The molecule has 2 aromatic rings. The Bertz CT molecular complexity index is 594. The number of rotatable bonds is 3. The van der Waals surface area contributed by atoms with Gasteiger partial charge in [0.15, 0.2) is 0 Å². The normalized spacial score (nSPS) is 9.78. The number of hydrogen-bond donors (Lipinski definition) is 1. The maximum atomic E-state index is 11.7. The first-order valence-corrected chi connectivity index (χ1v) is 5.31. The number of nitrogens with one attached hydrogen (secondary N) is 1. The lowest BCUT2D eigenvalue weighted by Gasteiger charge is -2.02. The molecule has 2 heterocycles. The Hall–Kier alpha value is -2.68. The summed E-state index contributed by atoms with van der Waals surface area (Å²) in [6.07, 6.45) is 4.89. The van der Waals surface area contributed by atoms with Gasteiger partial charge in [0.1, 0.15) is 11.8 Å². The number of carbonyl (C=O) groups excluding carboxylic acids is 1. The molecule has 0 fully saturated rings. The largest absolute Gasteiger partial charge is 0.347 e. The van der Waals surface area contributed by atoms with Crippen LogP contribution in [0.3, 0.4) is 0 Å². The van der Waals surface area contributed by atoms with E-state index in [2.05, 4.69) is 15.4 Å². The van der Waals surface area contributed by atoms with Crippen molar-refractivity contribution in [1.82, 2.24) is 20.1 Å².